The summed E-state index contributed by atoms with van der Waals surface area (Å²) >= 11 is 3.21. The number of rotatable bonds is 3. The van der Waals surface area contributed by atoms with Crippen LogP contribution >= 0.6 is 15.9 Å². The fraction of sp³-hybridized carbons (Fsp3) is 0. The van der Waals surface area contributed by atoms with E-state index in [1.54, 1.807) is 30.5 Å². The molecule has 3 aromatic rings. The first-order valence-corrected chi connectivity index (χ1v) is 7.62. The lowest BCUT2D eigenvalue weighted by Gasteiger charge is -2.04. The quantitative estimate of drug-likeness (QED) is 0.598. The molecule has 0 spiro atoms. The Bertz CT molecular complexity index is 886. The van der Waals surface area contributed by atoms with Gasteiger partial charge in [-0.2, -0.15) is 0 Å². The number of halogens is 2. The molecule has 2 amide bonds. The molecule has 0 aliphatic carbocycles. The van der Waals surface area contributed by atoms with Crippen LogP contribution in [-0.2, 0) is 0 Å². The predicted molar refractivity (Wildman–Crippen MR) is 87.5 cm³/mol. The van der Waals surface area contributed by atoms with Gasteiger partial charge in [-0.3, -0.25) is 20.4 Å². The molecule has 6 nitrogen and oxygen atoms in total. The average Bonchev–Trinajstić information content (AvgIpc) is 3.22. The van der Waals surface area contributed by atoms with Crippen molar-refractivity contribution in [2.45, 2.75) is 0 Å². The summed E-state index contributed by atoms with van der Waals surface area (Å²) in [5.41, 5.74) is 5.44. The van der Waals surface area contributed by atoms with Crippen LogP contribution in [0.15, 0.2) is 57.6 Å². The van der Waals surface area contributed by atoms with E-state index in [1.807, 2.05) is 0 Å². The lowest BCUT2D eigenvalue weighted by molar-refractivity contribution is 0.0829. The fourth-order valence-electron chi connectivity index (χ4n) is 1.97. The van der Waals surface area contributed by atoms with Crippen molar-refractivity contribution in [3.05, 3.63) is 70.4 Å². The van der Waals surface area contributed by atoms with Crippen molar-refractivity contribution in [1.29, 1.82) is 0 Å². The number of hydrazine groups is 1. The van der Waals surface area contributed by atoms with E-state index in [4.69, 9.17) is 4.42 Å². The number of carbonyl (C=O) groups is 2. The Hall–Kier alpha value is -2.87. The van der Waals surface area contributed by atoms with Gasteiger partial charge in [0.15, 0.2) is 5.76 Å². The molecule has 0 unspecified atom stereocenters. The number of H-pyrrole nitrogens is 1. The van der Waals surface area contributed by atoms with E-state index < -0.39 is 11.8 Å². The molecule has 2 heterocycles. The van der Waals surface area contributed by atoms with Gasteiger partial charge in [-0.15, -0.1) is 0 Å². The van der Waals surface area contributed by atoms with E-state index in [0.717, 1.165) is 0 Å². The zero-order chi connectivity index (χ0) is 17.1. The van der Waals surface area contributed by atoms with Gasteiger partial charge in [-0.1, -0.05) is 0 Å². The third-order valence-corrected chi connectivity index (χ3v) is 3.60. The van der Waals surface area contributed by atoms with E-state index in [9.17, 15) is 14.0 Å². The maximum absolute atomic E-state index is 12.9. The van der Waals surface area contributed by atoms with Crippen LogP contribution in [0, 0.1) is 5.82 Å². The van der Waals surface area contributed by atoms with Gasteiger partial charge in [0.1, 0.15) is 17.3 Å². The lowest BCUT2D eigenvalue weighted by atomic mass is 10.2. The molecule has 24 heavy (non-hydrogen) atoms. The zero-order valence-corrected chi connectivity index (χ0v) is 13.7. The highest BCUT2D eigenvalue weighted by molar-refractivity contribution is 9.10. The van der Waals surface area contributed by atoms with Crippen molar-refractivity contribution in [2.24, 2.45) is 0 Å². The van der Waals surface area contributed by atoms with Gasteiger partial charge < -0.3 is 9.40 Å². The van der Waals surface area contributed by atoms with Crippen LogP contribution in [0.2, 0.25) is 0 Å². The van der Waals surface area contributed by atoms with Gasteiger partial charge in [0.25, 0.3) is 5.91 Å². The molecule has 0 fully saturated rings. The SMILES string of the molecule is O=C(NNC(=O)c1ccc(-c2ccc(F)cc2)o1)c1cc(Br)c[nH]1. The number of amides is 2. The van der Waals surface area contributed by atoms with Crippen LogP contribution in [-0.4, -0.2) is 16.8 Å². The van der Waals surface area contributed by atoms with Crippen molar-refractivity contribution < 1.29 is 18.4 Å². The summed E-state index contributed by atoms with van der Waals surface area (Å²) in [5, 5.41) is 0. The maximum Gasteiger partial charge on any atom is 0.305 e. The Labute approximate surface area is 144 Å². The van der Waals surface area contributed by atoms with Crippen LogP contribution in [0.1, 0.15) is 21.0 Å². The van der Waals surface area contributed by atoms with Gasteiger partial charge in [0.05, 0.1) is 0 Å². The third kappa shape index (κ3) is 3.54. The minimum atomic E-state index is -0.609. The van der Waals surface area contributed by atoms with Crippen LogP contribution in [0.4, 0.5) is 4.39 Å². The molecule has 122 valence electrons. The Morgan fingerprint density at radius 3 is 2.42 bits per heavy atom. The molecular formula is C16H11BrFN3O3. The number of furan rings is 1. The van der Waals surface area contributed by atoms with Gasteiger partial charge in [0.2, 0.25) is 0 Å². The van der Waals surface area contributed by atoms with Gasteiger partial charge in [-0.25, -0.2) is 4.39 Å². The monoisotopic (exact) mass is 391 g/mol. The Kier molecular flexibility index (Phi) is 4.48. The molecule has 0 saturated carbocycles. The first-order chi connectivity index (χ1) is 11.5. The van der Waals surface area contributed by atoms with E-state index in [2.05, 4.69) is 31.8 Å². The standard InChI is InChI=1S/C16H11BrFN3O3/c17-10-7-12(19-8-10)15(22)20-21-16(23)14-6-5-13(24-14)9-1-3-11(18)4-2-9/h1-8,19H,(H,20,22)(H,21,23). The summed E-state index contributed by atoms with van der Waals surface area (Å²) in [6.45, 7) is 0. The summed E-state index contributed by atoms with van der Waals surface area (Å²) in [7, 11) is 0. The predicted octanol–water partition coefficient (Wildman–Crippen LogP) is 3.25. The third-order valence-electron chi connectivity index (χ3n) is 3.14. The number of nitrogens with one attached hydrogen (secondary N) is 3. The zero-order valence-electron chi connectivity index (χ0n) is 12.1. The maximum atomic E-state index is 12.9. The second-order valence-corrected chi connectivity index (χ2v) is 5.73. The smallest absolute Gasteiger partial charge is 0.305 e. The van der Waals surface area contributed by atoms with Crippen molar-refractivity contribution in [2.75, 3.05) is 0 Å². The van der Waals surface area contributed by atoms with Crippen molar-refractivity contribution >= 4 is 27.7 Å². The fourth-order valence-corrected chi connectivity index (χ4v) is 2.31. The molecule has 0 aliphatic rings. The second kappa shape index (κ2) is 6.71. The van der Waals surface area contributed by atoms with Crippen LogP contribution in [0.5, 0.6) is 0 Å². The number of aromatic nitrogens is 1. The molecule has 8 heteroatoms. The van der Waals surface area contributed by atoms with E-state index in [-0.39, 0.29) is 17.3 Å². The van der Waals surface area contributed by atoms with Gasteiger partial charge in [0, 0.05) is 16.2 Å². The minimum Gasteiger partial charge on any atom is -0.451 e. The first-order valence-electron chi connectivity index (χ1n) is 6.83. The second-order valence-electron chi connectivity index (χ2n) is 4.81. The molecular weight excluding hydrogens is 381 g/mol. The summed E-state index contributed by atoms with van der Waals surface area (Å²) in [4.78, 5) is 26.5. The Morgan fingerprint density at radius 1 is 1.04 bits per heavy atom. The van der Waals surface area contributed by atoms with Crippen molar-refractivity contribution in [1.82, 2.24) is 15.8 Å². The van der Waals surface area contributed by atoms with Crippen LogP contribution in [0.3, 0.4) is 0 Å². The van der Waals surface area contributed by atoms with E-state index in [0.29, 0.717) is 15.8 Å². The molecule has 2 aromatic heterocycles. The summed E-state index contributed by atoms with van der Waals surface area (Å²) in [6.07, 6.45) is 1.60. The molecule has 0 atom stereocenters. The van der Waals surface area contributed by atoms with Crippen molar-refractivity contribution in [3.63, 3.8) is 0 Å². The molecule has 0 bridgehead atoms. The van der Waals surface area contributed by atoms with Crippen molar-refractivity contribution in [3.8, 4) is 11.3 Å². The Balaban J connectivity index is 1.63. The largest absolute Gasteiger partial charge is 0.451 e. The van der Waals surface area contributed by atoms with E-state index >= 15 is 0 Å². The molecule has 0 radical (unpaired) electrons. The molecule has 0 aliphatic heterocycles. The molecule has 3 rings (SSSR count). The number of carbonyl (C=O) groups excluding carboxylic acids is 2. The first kappa shape index (κ1) is 16.0. The number of aromatic amines is 1. The highest BCUT2D eigenvalue weighted by Gasteiger charge is 2.14. The highest BCUT2D eigenvalue weighted by atomic mass is 79.9. The van der Waals surface area contributed by atoms with Crippen LogP contribution < -0.4 is 10.9 Å². The summed E-state index contributed by atoms with van der Waals surface area (Å²) in [5.74, 6) is -1.04. The summed E-state index contributed by atoms with van der Waals surface area (Å²) in [6, 6.07) is 10.3. The highest BCUT2D eigenvalue weighted by Crippen LogP contribution is 2.22. The molecule has 0 saturated heterocycles. The van der Waals surface area contributed by atoms with E-state index in [1.165, 1.54) is 18.2 Å². The number of benzene rings is 1. The van der Waals surface area contributed by atoms with Gasteiger partial charge >= 0.3 is 5.91 Å². The normalized spacial score (nSPS) is 10.4. The average molecular weight is 392 g/mol. The number of hydrogen-bond donors (Lipinski definition) is 3. The molecule has 1 aromatic carbocycles. The Morgan fingerprint density at radius 2 is 1.75 bits per heavy atom. The number of hydrogen-bond acceptors (Lipinski definition) is 3. The lowest BCUT2D eigenvalue weighted by Crippen LogP contribution is -2.41. The van der Waals surface area contributed by atoms with Gasteiger partial charge in [-0.05, 0) is 58.4 Å². The molecule has 3 N–H and O–H groups in total. The topological polar surface area (TPSA) is 87.1 Å². The minimum absolute atomic E-state index is 0.0160. The summed E-state index contributed by atoms with van der Waals surface area (Å²) < 4.78 is 19.0. The van der Waals surface area contributed by atoms with Crippen LogP contribution in [0.25, 0.3) is 11.3 Å².